The second-order valence-electron chi connectivity index (χ2n) is 5.09. The Labute approximate surface area is 124 Å². The van der Waals surface area contributed by atoms with Gasteiger partial charge in [-0.15, -0.1) is 0 Å². The number of hydrogen-bond acceptors (Lipinski definition) is 4. The minimum Gasteiger partial charge on any atom is -0.390 e. The third kappa shape index (κ3) is 3.17. The lowest BCUT2D eigenvalue weighted by Crippen LogP contribution is -2.55. The van der Waals surface area contributed by atoms with Crippen LogP contribution in [0, 0.1) is 0 Å². The molecule has 3 N–H and O–H groups in total. The van der Waals surface area contributed by atoms with Crippen LogP contribution in [0.2, 0.25) is 0 Å². The van der Waals surface area contributed by atoms with Gasteiger partial charge in [0, 0.05) is 12.6 Å². The van der Waals surface area contributed by atoms with Crippen LogP contribution in [0.15, 0.2) is 54.7 Å². The number of nitrogens with two attached hydrogens (primary N) is 1. The van der Waals surface area contributed by atoms with Gasteiger partial charge in [0.15, 0.2) is 5.78 Å². The summed E-state index contributed by atoms with van der Waals surface area (Å²) in [7, 11) is 0. The van der Waals surface area contributed by atoms with Crippen LogP contribution in [0.1, 0.15) is 24.6 Å². The monoisotopic (exact) mass is 284 g/mol. The molecule has 0 amide bonds. The lowest BCUT2D eigenvalue weighted by molar-refractivity contribution is -0.128. The van der Waals surface area contributed by atoms with Crippen molar-refractivity contribution < 1.29 is 9.90 Å². The van der Waals surface area contributed by atoms with E-state index in [2.05, 4.69) is 4.98 Å². The first-order valence-electron chi connectivity index (χ1n) is 7.04. The van der Waals surface area contributed by atoms with Crippen LogP contribution in [-0.4, -0.2) is 22.0 Å². The Bertz CT molecular complexity index is 586. The highest BCUT2D eigenvalue weighted by Gasteiger charge is 2.42. The van der Waals surface area contributed by atoms with Crippen LogP contribution in [0.4, 0.5) is 0 Å². The fourth-order valence-electron chi connectivity index (χ4n) is 2.36. The summed E-state index contributed by atoms with van der Waals surface area (Å²) in [6.45, 7) is 1.80. The number of Topliss-reactive ketones (excluding diaryl/α,β-unsaturated/α-hetero) is 1. The highest BCUT2D eigenvalue weighted by atomic mass is 16.3. The molecule has 0 bridgehead atoms. The smallest absolute Gasteiger partial charge is 0.165 e. The predicted molar refractivity (Wildman–Crippen MR) is 81.6 cm³/mol. The molecular weight excluding hydrogens is 264 g/mol. The van der Waals surface area contributed by atoms with Crippen LogP contribution in [0.5, 0.6) is 0 Å². The van der Waals surface area contributed by atoms with Gasteiger partial charge in [-0.1, -0.05) is 43.3 Å². The number of hydrogen-bond donors (Lipinski definition) is 2. The normalized spacial score (nSPS) is 15.2. The molecule has 0 saturated carbocycles. The minimum atomic E-state index is -1.48. The molecule has 21 heavy (non-hydrogen) atoms. The summed E-state index contributed by atoms with van der Waals surface area (Å²) in [5.41, 5.74) is 6.10. The Morgan fingerprint density at radius 1 is 1.24 bits per heavy atom. The lowest BCUT2D eigenvalue weighted by Gasteiger charge is -2.32. The number of aliphatic hydroxyl groups is 1. The second kappa shape index (κ2) is 6.61. The number of nitrogens with zero attached hydrogens (tertiary/aromatic N) is 1. The Balaban J connectivity index is 2.34. The summed E-state index contributed by atoms with van der Waals surface area (Å²) in [5, 5.41) is 10.3. The third-order valence-electron chi connectivity index (χ3n) is 3.67. The molecule has 1 aromatic heterocycles. The van der Waals surface area contributed by atoms with Gasteiger partial charge in [-0.05, 0) is 24.1 Å². The van der Waals surface area contributed by atoms with E-state index < -0.39 is 11.6 Å². The molecule has 110 valence electrons. The van der Waals surface area contributed by atoms with Gasteiger partial charge in [0.1, 0.15) is 5.54 Å². The van der Waals surface area contributed by atoms with Gasteiger partial charge in [-0.3, -0.25) is 9.78 Å². The maximum absolute atomic E-state index is 12.7. The standard InChI is InChI=1S/C17H20N2O2/c1-2-15(20)17(18,14-10-6-7-11-19-14)16(21)12-13-8-4-3-5-9-13/h3-11,15,20H,2,12,18H2,1H3/t15?,17-/m0/s1. The van der Waals surface area contributed by atoms with E-state index in [-0.39, 0.29) is 12.2 Å². The van der Waals surface area contributed by atoms with E-state index in [0.717, 1.165) is 5.56 Å². The molecule has 4 nitrogen and oxygen atoms in total. The Morgan fingerprint density at radius 2 is 1.90 bits per heavy atom. The molecule has 1 unspecified atom stereocenters. The Hall–Kier alpha value is -2.04. The molecule has 2 atom stereocenters. The fraction of sp³-hybridized carbons (Fsp3) is 0.294. The van der Waals surface area contributed by atoms with Gasteiger partial charge in [0.05, 0.1) is 11.8 Å². The first kappa shape index (κ1) is 15.4. The number of benzene rings is 1. The molecule has 4 heteroatoms. The number of pyridine rings is 1. The zero-order chi connectivity index (χ0) is 15.3. The number of ketones is 1. The van der Waals surface area contributed by atoms with Crippen LogP contribution >= 0.6 is 0 Å². The number of rotatable bonds is 6. The summed E-state index contributed by atoms with van der Waals surface area (Å²) >= 11 is 0. The van der Waals surface area contributed by atoms with Crippen LogP contribution in [0.25, 0.3) is 0 Å². The third-order valence-corrected chi connectivity index (χ3v) is 3.67. The number of carbonyl (C=O) groups is 1. The second-order valence-corrected chi connectivity index (χ2v) is 5.09. The number of aromatic nitrogens is 1. The molecule has 0 aliphatic carbocycles. The lowest BCUT2D eigenvalue weighted by atomic mass is 9.81. The van der Waals surface area contributed by atoms with Crippen molar-refractivity contribution >= 4 is 5.78 Å². The molecular formula is C17H20N2O2. The maximum Gasteiger partial charge on any atom is 0.165 e. The topological polar surface area (TPSA) is 76.2 Å². The molecule has 2 aromatic rings. The molecule has 0 aliphatic rings. The van der Waals surface area contributed by atoms with Crippen LogP contribution in [-0.2, 0) is 16.8 Å². The Morgan fingerprint density at radius 3 is 2.48 bits per heavy atom. The molecule has 0 fully saturated rings. The van der Waals surface area contributed by atoms with E-state index in [1.54, 1.807) is 31.3 Å². The molecule has 0 radical (unpaired) electrons. The van der Waals surface area contributed by atoms with Gasteiger partial charge >= 0.3 is 0 Å². The molecule has 0 aliphatic heterocycles. The summed E-state index contributed by atoms with van der Waals surface area (Å²) in [6.07, 6.45) is 1.16. The summed E-state index contributed by atoms with van der Waals surface area (Å²) in [5.74, 6) is -0.234. The SMILES string of the molecule is CCC(O)[C@](N)(C(=O)Cc1ccccc1)c1ccccn1. The maximum atomic E-state index is 12.7. The van der Waals surface area contributed by atoms with E-state index in [9.17, 15) is 9.90 Å². The van der Waals surface area contributed by atoms with Crippen molar-refractivity contribution in [3.05, 3.63) is 66.0 Å². The van der Waals surface area contributed by atoms with Gasteiger partial charge in [0.2, 0.25) is 0 Å². The van der Waals surface area contributed by atoms with E-state index >= 15 is 0 Å². The zero-order valence-corrected chi connectivity index (χ0v) is 12.1. The van der Waals surface area contributed by atoms with Gasteiger partial charge < -0.3 is 10.8 Å². The summed E-state index contributed by atoms with van der Waals surface area (Å²) in [6, 6.07) is 14.6. The quantitative estimate of drug-likeness (QED) is 0.848. The summed E-state index contributed by atoms with van der Waals surface area (Å²) < 4.78 is 0. The highest BCUT2D eigenvalue weighted by molar-refractivity contribution is 5.91. The van der Waals surface area contributed by atoms with Crippen LogP contribution < -0.4 is 5.73 Å². The first-order chi connectivity index (χ1) is 10.1. The highest BCUT2D eigenvalue weighted by Crippen LogP contribution is 2.25. The van der Waals surface area contributed by atoms with Crippen molar-refractivity contribution in [2.45, 2.75) is 31.4 Å². The largest absolute Gasteiger partial charge is 0.390 e. The van der Waals surface area contributed by atoms with E-state index in [1.807, 2.05) is 30.3 Å². The summed E-state index contributed by atoms with van der Waals surface area (Å²) in [4.78, 5) is 16.9. The van der Waals surface area contributed by atoms with Crippen molar-refractivity contribution in [3.8, 4) is 0 Å². The first-order valence-corrected chi connectivity index (χ1v) is 7.04. The van der Waals surface area contributed by atoms with Crippen LogP contribution in [0.3, 0.4) is 0 Å². The minimum absolute atomic E-state index is 0.172. The van der Waals surface area contributed by atoms with Crippen molar-refractivity contribution in [2.75, 3.05) is 0 Å². The number of carbonyl (C=O) groups excluding carboxylic acids is 1. The Kier molecular flexibility index (Phi) is 4.83. The average molecular weight is 284 g/mol. The van der Waals surface area contributed by atoms with Gasteiger partial charge in [-0.2, -0.15) is 0 Å². The van der Waals surface area contributed by atoms with Crippen molar-refractivity contribution in [3.63, 3.8) is 0 Å². The molecule has 1 aromatic carbocycles. The van der Waals surface area contributed by atoms with Gasteiger partial charge in [0.25, 0.3) is 0 Å². The van der Waals surface area contributed by atoms with Crippen molar-refractivity contribution in [1.82, 2.24) is 4.98 Å². The predicted octanol–water partition coefficient (Wildman–Crippen LogP) is 1.82. The number of aliphatic hydroxyl groups excluding tert-OH is 1. The van der Waals surface area contributed by atoms with Gasteiger partial charge in [-0.25, -0.2) is 0 Å². The van der Waals surface area contributed by atoms with Crippen molar-refractivity contribution in [1.29, 1.82) is 0 Å². The molecule has 1 heterocycles. The zero-order valence-electron chi connectivity index (χ0n) is 12.1. The van der Waals surface area contributed by atoms with E-state index in [0.29, 0.717) is 12.1 Å². The van der Waals surface area contributed by atoms with E-state index in [1.165, 1.54) is 0 Å². The van der Waals surface area contributed by atoms with Crippen molar-refractivity contribution in [2.24, 2.45) is 5.73 Å². The molecule has 2 rings (SSSR count). The molecule has 0 saturated heterocycles. The average Bonchev–Trinajstić information content (AvgIpc) is 2.55. The molecule has 0 spiro atoms. The fourth-order valence-corrected chi connectivity index (χ4v) is 2.36. The van der Waals surface area contributed by atoms with E-state index in [4.69, 9.17) is 5.73 Å².